The van der Waals surface area contributed by atoms with Crippen LogP contribution in [-0.4, -0.2) is 275 Å². The molecule has 542 valence electrons. The molecule has 0 aliphatic carbocycles. The molecule has 0 radical (unpaired) electrons. The second-order valence-electron chi connectivity index (χ2n) is 23.3. The third-order valence-corrected chi connectivity index (χ3v) is 16.0. The molecule has 0 saturated heterocycles. The first kappa shape index (κ1) is 82.0. The van der Waals surface area contributed by atoms with Gasteiger partial charge in [0, 0.05) is 74.0 Å². The second-order valence-corrected chi connectivity index (χ2v) is 24.0. The number of nitrogens with zero attached hydrogens (tertiary/aromatic N) is 3. The third-order valence-electron chi connectivity index (χ3n) is 15.3. The maximum absolute atomic E-state index is 15.0. The van der Waals surface area contributed by atoms with Gasteiger partial charge >= 0.3 is 29.8 Å². The number of aromatic nitrogens is 1. The Morgan fingerprint density at radius 1 is 0.455 bits per heavy atom. The van der Waals surface area contributed by atoms with Gasteiger partial charge in [-0.2, -0.15) is 25.3 Å². The molecule has 0 unspecified atom stereocenters. The highest BCUT2D eigenvalue weighted by atomic mass is 32.1. The van der Waals surface area contributed by atoms with E-state index in [4.69, 9.17) is 5.73 Å². The Bertz CT molecular complexity index is 3330. The van der Waals surface area contributed by atoms with Gasteiger partial charge in [0.1, 0.15) is 48.0 Å². The third kappa shape index (κ3) is 28.9. The minimum atomic E-state index is -1.82. The van der Waals surface area contributed by atoms with Crippen LogP contribution < -0.4 is 48.3 Å². The van der Waals surface area contributed by atoms with E-state index >= 15 is 4.79 Å². The van der Waals surface area contributed by atoms with Gasteiger partial charge < -0.3 is 94.1 Å². The summed E-state index contributed by atoms with van der Waals surface area (Å²) in [6, 6.07) is 7.79. The number of nitrogens with two attached hydrogens (primary N) is 1. The number of aliphatic hydroxyl groups excluding tert-OH is 2. The SMILES string of the molecule is C[C@@H](O)[C@H](NC(=O)[C@H](CS)NC(=O)[C@@H](NC(=O)[C@H](CCCCN)NC(=O)[C@@H](Cc1c[nH]c2ccccc12)NC(=O)[C@H](Cc1ccc(O)cc1)NC(=O)[C@H](CS)NC(=O)[C@@H](Cc1ccccc1)NC(=O)CN(CCN(CC(=O)O)CC(=O)O)CCN(CC(=O)O)CC(=O)O)[C@@H](C)O)C(=O)O. The molecule has 0 bridgehead atoms. The molecular formula is C63H87N13O21S2. The molecule has 0 saturated carbocycles. The van der Waals surface area contributed by atoms with Gasteiger partial charge in [-0.15, -0.1) is 0 Å². The smallest absolute Gasteiger partial charge is 0.328 e. The fourth-order valence-electron chi connectivity index (χ4n) is 10.1. The number of phenols is 1. The van der Waals surface area contributed by atoms with E-state index in [1.165, 1.54) is 29.2 Å². The molecule has 1 heterocycles. The van der Waals surface area contributed by atoms with Crippen LogP contribution in [0.3, 0.4) is 0 Å². The van der Waals surface area contributed by atoms with Crippen molar-refractivity contribution in [1.29, 1.82) is 0 Å². The predicted octanol–water partition coefficient (Wildman–Crippen LogP) is -4.14. The van der Waals surface area contributed by atoms with Gasteiger partial charge in [-0.3, -0.25) is 72.2 Å². The van der Waals surface area contributed by atoms with E-state index in [0.717, 1.165) is 23.6 Å². The molecule has 3 aromatic carbocycles. The molecule has 8 amide bonds. The lowest BCUT2D eigenvalue weighted by Crippen LogP contribution is -2.62. The number of carbonyl (C=O) groups excluding carboxylic acids is 8. The number of para-hydroxylation sites is 1. The van der Waals surface area contributed by atoms with Gasteiger partial charge in [0.25, 0.3) is 0 Å². The molecular weight excluding hydrogens is 1340 g/mol. The normalized spacial score (nSPS) is 14.4. The first-order valence-corrected chi connectivity index (χ1v) is 32.5. The number of rotatable bonds is 46. The van der Waals surface area contributed by atoms with E-state index < -0.39 is 182 Å². The number of hydrogen-bond acceptors (Lipinski definition) is 22. The molecule has 0 spiro atoms. The lowest BCUT2D eigenvalue weighted by atomic mass is 10.0. The van der Waals surface area contributed by atoms with Crippen molar-refractivity contribution in [2.45, 2.75) is 113 Å². The quantitative estimate of drug-likeness (QED) is 0.0148. The number of hydrogen-bond donors (Lipinski definition) is 20. The van der Waals surface area contributed by atoms with E-state index in [1.54, 1.807) is 60.8 Å². The summed E-state index contributed by atoms with van der Waals surface area (Å²) in [5.41, 5.74) is 7.80. The number of benzene rings is 3. The van der Waals surface area contributed by atoms with Crippen molar-refractivity contribution in [3.63, 3.8) is 0 Å². The summed E-state index contributed by atoms with van der Waals surface area (Å²) in [7, 11) is 0. The first-order chi connectivity index (χ1) is 46.9. The Morgan fingerprint density at radius 3 is 1.34 bits per heavy atom. The summed E-state index contributed by atoms with van der Waals surface area (Å²) < 4.78 is 0. The predicted molar refractivity (Wildman–Crippen MR) is 361 cm³/mol. The highest BCUT2D eigenvalue weighted by Crippen LogP contribution is 2.21. The van der Waals surface area contributed by atoms with Crippen molar-refractivity contribution in [2.24, 2.45) is 5.73 Å². The van der Waals surface area contributed by atoms with E-state index in [0.29, 0.717) is 34.0 Å². The van der Waals surface area contributed by atoms with E-state index in [2.05, 4.69) is 72.8 Å². The number of fused-ring (bicyclic) bond motifs is 1. The summed E-state index contributed by atoms with van der Waals surface area (Å²) in [4.78, 5) is 179. The van der Waals surface area contributed by atoms with Crippen molar-refractivity contribution in [3.05, 3.63) is 102 Å². The van der Waals surface area contributed by atoms with E-state index in [1.807, 2.05) is 0 Å². The number of H-pyrrole nitrogens is 1. The number of carbonyl (C=O) groups is 13. The zero-order chi connectivity index (χ0) is 73.5. The monoisotopic (exact) mass is 1430 g/mol. The minimum Gasteiger partial charge on any atom is -0.508 e. The molecule has 99 heavy (non-hydrogen) atoms. The average Bonchev–Trinajstić information content (AvgIpc) is 1.72. The number of aromatic hydroxyl groups is 1. The van der Waals surface area contributed by atoms with E-state index in [9.17, 15) is 98.4 Å². The van der Waals surface area contributed by atoms with Gasteiger partial charge in [-0.05, 0) is 74.5 Å². The van der Waals surface area contributed by atoms with Crippen LogP contribution in [0.1, 0.15) is 49.8 Å². The lowest BCUT2D eigenvalue weighted by Gasteiger charge is -2.29. The van der Waals surface area contributed by atoms with E-state index in [-0.39, 0.29) is 70.6 Å². The Morgan fingerprint density at radius 2 is 0.859 bits per heavy atom. The number of aromatic amines is 1. The molecule has 4 aromatic rings. The summed E-state index contributed by atoms with van der Waals surface area (Å²) >= 11 is 8.45. The van der Waals surface area contributed by atoms with Crippen LogP contribution in [-0.2, 0) is 81.6 Å². The summed E-state index contributed by atoms with van der Waals surface area (Å²) in [5.74, 6) is -16.1. The second kappa shape index (κ2) is 41.7. The van der Waals surface area contributed by atoms with Crippen LogP contribution in [0, 0.1) is 0 Å². The van der Waals surface area contributed by atoms with Crippen LogP contribution in [0.25, 0.3) is 10.9 Å². The number of aliphatic carboxylic acids is 5. The van der Waals surface area contributed by atoms with Crippen molar-refractivity contribution in [1.82, 2.24) is 62.2 Å². The molecule has 19 N–H and O–H groups in total. The number of thiol groups is 2. The minimum absolute atomic E-state index is 0.130. The highest BCUT2D eigenvalue weighted by Gasteiger charge is 2.37. The Hall–Kier alpha value is -9.43. The molecule has 4 rings (SSSR count). The molecule has 0 fully saturated rings. The summed E-state index contributed by atoms with van der Waals surface area (Å²) in [6.45, 7) is -2.04. The number of carboxylic acids is 5. The van der Waals surface area contributed by atoms with Crippen LogP contribution in [0.4, 0.5) is 0 Å². The summed E-state index contributed by atoms with van der Waals surface area (Å²) in [5, 5.41) is 98.9. The fraction of sp³-hybridized carbons (Fsp3) is 0.476. The van der Waals surface area contributed by atoms with Gasteiger partial charge in [0.15, 0.2) is 6.04 Å². The highest BCUT2D eigenvalue weighted by molar-refractivity contribution is 7.80. The zero-order valence-corrected chi connectivity index (χ0v) is 56.1. The van der Waals surface area contributed by atoms with Crippen molar-refractivity contribution in [2.75, 3.05) is 77.0 Å². The van der Waals surface area contributed by atoms with Gasteiger partial charge in [0.2, 0.25) is 47.3 Å². The molecule has 0 aliphatic heterocycles. The molecule has 34 nitrogen and oxygen atoms in total. The molecule has 36 heteroatoms. The van der Waals surface area contributed by atoms with Crippen LogP contribution in [0.2, 0.25) is 0 Å². The summed E-state index contributed by atoms with van der Waals surface area (Å²) in [6.07, 6.45) is -2.03. The molecule has 10 atom stereocenters. The number of amides is 8. The average molecular weight is 1430 g/mol. The number of carboxylic acid groups (broad SMARTS) is 5. The Kier molecular flexibility index (Phi) is 34.6. The van der Waals surface area contributed by atoms with Crippen molar-refractivity contribution < 1.29 is 103 Å². The number of aliphatic hydroxyl groups is 2. The lowest BCUT2D eigenvalue weighted by molar-refractivity contribution is -0.145. The number of nitrogens with one attached hydrogen (secondary N) is 9. The van der Waals surface area contributed by atoms with Gasteiger partial charge in [0.05, 0.1) is 44.9 Å². The fourth-order valence-corrected chi connectivity index (χ4v) is 10.7. The van der Waals surface area contributed by atoms with Crippen LogP contribution >= 0.6 is 25.3 Å². The van der Waals surface area contributed by atoms with Crippen LogP contribution in [0.5, 0.6) is 5.75 Å². The Labute approximate surface area is 579 Å². The largest absolute Gasteiger partial charge is 0.508 e. The number of unbranched alkanes of at least 4 members (excludes halogenated alkanes) is 1. The molecule has 1 aromatic heterocycles. The van der Waals surface area contributed by atoms with Crippen LogP contribution in [0.15, 0.2) is 85.1 Å². The van der Waals surface area contributed by atoms with Crippen molar-refractivity contribution in [3.8, 4) is 5.75 Å². The Balaban J connectivity index is 1.68. The standard InChI is InChI=1S/C63H87N13O21S2/c1-35(77)54(62(95)71-48(34-99)61(94)73-55(36(2)78)63(96)97)72-56(89)43(14-8-9-19-64)67-59(92)46(26-39-27-65-42-13-7-6-12-41(39)42)69-58(91)45(25-38-15-17-40(79)18-16-38)68-60(93)47(33-98)70-57(90)44(24-37-10-4-3-5-11-37)66-49(80)28-74(20-22-75(29-50(81)82)30-51(83)84)21-23-76(31-52(85)86)32-53(87)88/h3-7,10-13,15-18,27,35-36,43-48,54-55,65,77-79,98-99H,8-9,14,19-26,28-34,64H2,1-2H3,(H,66,80)(H,67,92)(H,68,93)(H,69,91)(H,70,90)(H,71,95)(H,72,89)(H,73,94)(H,81,82)(H,83,84)(H,85,86)(H,87,88)(H,96,97)/t35-,36-,43+,44-,45+,46-,47+,48+,54+,55+/m1/s1. The van der Waals surface area contributed by atoms with Crippen molar-refractivity contribution >= 4 is 113 Å². The number of phenolic OH excluding ortho intramolecular Hbond substituents is 1. The van der Waals surface area contributed by atoms with Gasteiger partial charge in [-0.1, -0.05) is 60.7 Å². The first-order valence-electron chi connectivity index (χ1n) is 31.3. The molecule has 0 aliphatic rings. The zero-order valence-electron chi connectivity index (χ0n) is 54.3. The maximum atomic E-state index is 15.0. The maximum Gasteiger partial charge on any atom is 0.328 e. The van der Waals surface area contributed by atoms with Gasteiger partial charge in [-0.25, -0.2) is 4.79 Å². The topological polar surface area (TPSA) is 532 Å².